The van der Waals surface area contributed by atoms with Gasteiger partial charge in [-0.15, -0.1) is 0 Å². The summed E-state index contributed by atoms with van der Waals surface area (Å²) >= 11 is 9.62. The lowest BCUT2D eigenvalue weighted by Crippen LogP contribution is -2.08. The topological polar surface area (TPSA) is 29.9 Å². The van der Waals surface area contributed by atoms with E-state index in [2.05, 4.69) is 33.3 Å². The van der Waals surface area contributed by atoms with Gasteiger partial charge >= 0.3 is 0 Å². The number of hydrogen-bond acceptors (Lipinski definition) is 2. The van der Waals surface area contributed by atoms with E-state index >= 15 is 0 Å². The molecule has 0 saturated heterocycles. The van der Waals surface area contributed by atoms with Crippen LogP contribution in [0.5, 0.6) is 0 Å². The molecule has 5 heteroatoms. The van der Waals surface area contributed by atoms with Crippen molar-refractivity contribution in [3.8, 4) is 0 Å². The highest BCUT2D eigenvalue weighted by Crippen LogP contribution is 2.22. The van der Waals surface area contributed by atoms with Crippen LogP contribution in [0.4, 0.5) is 0 Å². The SMILES string of the molecule is CNCc1cnn(Cc2ccc(Br)cc2Cl)c1C. The molecule has 0 aliphatic carbocycles. The molecular formula is C13H15BrClN3. The van der Waals surface area contributed by atoms with Crippen molar-refractivity contribution in [3.63, 3.8) is 0 Å². The summed E-state index contributed by atoms with van der Waals surface area (Å²) in [6.07, 6.45) is 1.90. The number of aromatic nitrogens is 2. The van der Waals surface area contributed by atoms with E-state index in [0.29, 0.717) is 6.54 Å². The van der Waals surface area contributed by atoms with Crippen LogP contribution >= 0.6 is 27.5 Å². The summed E-state index contributed by atoms with van der Waals surface area (Å²) < 4.78 is 2.96. The molecule has 0 aliphatic rings. The molecule has 96 valence electrons. The van der Waals surface area contributed by atoms with Crippen LogP contribution in [-0.2, 0) is 13.1 Å². The number of benzene rings is 1. The zero-order chi connectivity index (χ0) is 13.1. The standard InChI is InChI=1S/C13H15BrClN3/c1-9-11(6-16-2)7-17-18(9)8-10-3-4-12(14)5-13(10)15/h3-5,7,16H,6,8H2,1-2H3. The molecule has 1 heterocycles. The van der Waals surface area contributed by atoms with Crippen LogP contribution in [0, 0.1) is 6.92 Å². The van der Waals surface area contributed by atoms with Gasteiger partial charge in [0.05, 0.1) is 12.7 Å². The van der Waals surface area contributed by atoms with Crippen molar-refractivity contribution in [2.75, 3.05) is 7.05 Å². The number of nitrogens with one attached hydrogen (secondary N) is 1. The summed E-state index contributed by atoms with van der Waals surface area (Å²) in [5.41, 5.74) is 3.45. The average Bonchev–Trinajstić information content (AvgIpc) is 2.66. The van der Waals surface area contributed by atoms with Gasteiger partial charge in [-0.2, -0.15) is 5.10 Å². The molecule has 1 aromatic heterocycles. The van der Waals surface area contributed by atoms with Gasteiger partial charge in [-0.3, -0.25) is 4.68 Å². The van der Waals surface area contributed by atoms with Crippen LogP contribution in [0.3, 0.4) is 0 Å². The van der Waals surface area contributed by atoms with Gasteiger partial charge < -0.3 is 5.32 Å². The van der Waals surface area contributed by atoms with Crippen molar-refractivity contribution >= 4 is 27.5 Å². The molecule has 0 fully saturated rings. The van der Waals surface area contributed by atoms with E-state index in [1.54, 1.807) is 0 Å². The fraction of sp³-hybridized carbons (Fsp3) is 0.308. The molecular weight excluding hydrogens is 314 g/mol. The molecule has 0 atom stereocenters. The number of halogens is 2. The first-order chi connectivity index (χ1) is 8.61. The number of rotatable bonds is 4. The third-order valence-electron chi connectivity index (χ3n) is 2.91. The van der Waals surface area contributed by atoms with Crippen molar-refractivity contribution in [3.05, 3.63) is 50.7 Å². The Bertz CT molecular complexity index is 551. The molecule has 0 unspecified atom stereocenters. The molecule has 2 aromatic rings. The Morgan fingerprint density at radius 3 is 2.83 bits per heavy atom. The highest BCUT2D eigenvalue weighted by atomic mass is 79.9. The van der Waals surface area contributed by atoms with E-state index in [9.17, 15) is 0 Å². The predicted octanol–water partition coefficient (Wildman–Crippen LogP) is 3.38. The molecule has 0 spiro atoms. The molecule has 0 radical (unpaired) electrons. The van der Waals surface area contributed by atoms with Crippen molar-refractivity contribution < 1.29 is 0 Å². The fourth-order valence-corrected chi connectivity index (χ4v) is 2.55. The second-order valence-corrected chi connectivity index (χ2v) is 5.50. The third kappa shape index (κ3) is 2.94. The highest BCUT2D eigenvalue weighted by molar-refractivity contribution is 9.10. The maximum atomic E-state index is 6.22. The third-order valence-corrected chi connectivity index (χ3v) is 3.75. The van der Waals surface area contributed by atoms with Crippen molar-refractivity contribution in [1.82, 2.24) is 15.1 Å². The van der Waals surface area contributed by atoms with Gasteiger partial charge in [0.15, 0.2) is 0 Å². The molecule has 0 aliphatic heterocycles. The second-order valence-electron chi connectivity index (χ2n) is 4.18. The van der Waals surface area contributed by atoms with Crippen LogP contribution in [0.1, 0.15) is 16.8 Å². The van der Waals surface area contributed by atoms with Gasteiger partial charge in [0, 0.05) is 27.3 Å². The summed E-state index contributed by atoms with van der Waals surface area (Å²) in [6, 6.07) is 5.92. The Morgan fingerprint density at radius 1 is 1.39 bits per heavy atom. The van der Waals surface area contributed by atoms with Gasteiger partial charge in [-0.05, 0) is 31.7 Å². The van der Waals surface area contributed by atoms with E-state index in [-0.39, 0.29) is 0 Å². The Hall–Kier alpha value is -0.840. The molecule has 0 saturated carbocycles. The second kappa shape index (κ2) is 5.87. The minimum absolute atomic E-state index is 0.696. The predicted molar refractivity (Wildman–Crippen MR) is 78.0 cm³/mol. The van der Waals surface area contributed by atoms with E-state index in [1.807, 2.05) is 36.1 Å². The maximum Gasteiger partial charge on any atom is 0.0677 e. The Balaban J connectivity index is 2.23. The van der Waals surface area contributed by atoms with E-state index in [0.717, 1.165) is 21.6 Å². The minimum atomic E-state index is 0.696. The molecule has 3 nitrogen and oxygen atoms in total. The Kier molecular flexibility index (Phi) is 4.43. The largest absolute Gasteiger partial charge is 0.316 e. The van der Waals surface area contributed by atoms with Crippen LogP contribution in [-0.4, -0.2) is 16.8 Å². The minimum Gasteiger partial charge on any atom is -0.316 e. The normalized spacial score (nSPS) is 10.9. The zero-order valence-electron chi connectivity index (χ0n) is 10.4. The lowest BCUT2D eigenvalue weighted by molar-refractivity contribution is 0.662. The quantitative estimate of drug-likeness (QED) is 0.932. The smallest absolute Gasteiger partial charge is 0.0677 e. The van der Waals surface area contributed by atoms with Gasteiger partial charge in [-0.1, -0.05) is 33.6 Å². The molecule has 0 amide bonds. The first-order valence-corrected chi connectivity index (χ1v) is 6.88. The lowest BCUT2D eigenvalue weighted by atomic mass is 10.2. The van der Waals surface area contributed by atoms with Crippen molar-refractivity contribution in [2.24, 2.45) is 0 Å². The van der Waals surface area contributed by atoms with Crippen molar-refractivity contribution in [2.45, 2.75) is 20.0 Å². The Labute approximate surface area is 120 Å². The van der Waals surface area contributed by atoms with Crippen LogP contribution in [0.2, 0.25) is 5.02 Å². The molecule has 1 aromatic carbocycles. The number of nitrogens with zero attached hydrogens (tertiary/aromatic N) is 2. The summed E-state index contributed by atoms with van der Waals surface area (Å²) in [6.45, 7) is 3.61. The van der Waals surface area contributed by atoms with Crippen molar-refractivity contribution in [1.29, 1.82) is 0 Å². The molecule has 1 N–H and O–H groups in total. The Morgan fingerprint density at radius 2 is 2.17 bits per heavy atom. The van der Waals surface area contributed by atoms with Crippen LogP contribution < -0.4 is 5.32 Å². The summed E-state index contributed by atoms with van der Waals surface area (Å²) in [7, 11) is 1.93. The van der Waals surface area contributed by atoms with Gasteiger partial charge in [0.2, 0.25) is 0 Å². The summed E-state index contributed by atoms with van der Waals surface area (Å²) in [5, 5.41) is 8.29. The van der Waals surface area contributed by atoms with Gasteiger partial charge in [0.25, 0.3) is 0 Å². The van der Waals surface area contributed by atoms with E-state index in [1.165, 1.54) is 11.3 Å². The first-order valence-electron chi connectivity index (χ1n) is 5.71. The monoisotopic (exact) mass is 327 g/mol. The maximum absolute atomic E-state index is 6.22. The molecule has 18 heavy (non-hydrogen) atoms. The molecule has 0 bridgehead atoms. The van der Waals surface area contributed by atoms with Gasteiger partial charge in [0.1, 0.15) is 0 Å². The van der Waals surface area contributed by atoms with Crippen LogP contribution in [0.25, 0.3) is 0 Å². The molecule has 2 rings (SSSR count). The fourth-order valence-electron chi connectivity index (χ4n) is 1.82. The number of hydrogen-bond donors (Lipinski definition) is 1. The first kappa shape index (κ1) is 13.6. The lowest BCUT2D eigenvalue weighted by Gasteiger charge is -2.08. The highest BCUT2D eigenvalue weighted by Gasteiger charge is 2.08. The van der Waals surface area contributed by atoms with E-state index < -0.39 is 0 Å². The average molecular weight is 329 g/mol. The summed E-state index contributed by atoms with van der Waals surface area (Å²) in [4.78, 5) is 0. The summed E-state index contributed by atoms with van der Waals surface area (Å²) in [5.74, 6) is 0. The van der Waals surface area contributed by atoms with E-state index in [4.69, 9.17) is 11.6 Å². The van der Waals surface area contributed by atoms with Crippen LogP contribution in [0.15, 0.2) is 28.9 Å². The zero-order valence-corrected chi connectivity index (χ0v) is 12.7. The van der Waals surface area contributed by atoms with Gasteiger partial charge in [-0.25, -0.2) is 0 Å².